The first-order chi connectivity index (χ1) is 13.1. The van der Waals surface area contributed by atoms with Crippen LogP contribution in [0, 0.1) is 0 Å². The van der Waals surface area contributed by atoms with Gasteiger partial charge in [-0.1, -0.05) is 6.07 Å². The van der Waals surface area contributed by atoms with Crippen molar-refractivity contribution in [2.24, 2.45) is 0 Å². The highest BCUT2D eigenvalue weighted by Gasteiger charge is 2.24. The van der Waals surface area contributed by atoms with Gasteiger partial charge in [-0.3, -0.25) is 14.6 Å². The van der Waals surface area contributed by atoms with Gasteiger partial charge in [0.05, 0.1) is 26.5 Å². The number of fused-ring (bicyclic) bond motifs is 1. The first-order valence-corrected chi connectivity index (χ1v) is 8.79. The number of rotatable bonds is 6. The van der Waals surface area contributed by atoms with E-state index < -0.39 is 0 Å². The molecule has 3 rings (SSSR count). The third-order valence-corrected chi connectivity index (χ3v) is 4.58. The summed E-state index contributed by atoms with van der Waals surface area (Å²) in [4.78, 5) is 30.4. The number of benzene rings is 1. The largest absolute Gasteiger partial charge is 0.493 e. The molecule has 0 bridgehead atoms. The van der Waals surface area contributed by atoms with Gasteiger partial charge in [-0.2, -0.15) is 0 Å². The lowest BCUT2D eigenvalue weighted by atomic mass is 9.98. The molecule has 27 heavy (non-hydrogen) atoms. The van der Waals surface area contributed by atoms with Gasteiger partial charge in [0.1, 0.15) is 6.42 Å². The van der Waals surface area contributed by atoms with Crippen LogP contribution in [0.5, 0.6) is 11.5 Å². The third-order valence-electron chi connectivity index (χ3n) is 4.58. The Morgan fingerprint density at radius 1 is 1.15 bits per heavy atom. The Labute approximate surface area is 158 Å². The predicted molar refractivity (Wildman–Crippen MR) is 99.4 cm³/mol. The van der Waals surface area contributed by atoms with Crippen molar-refractivity contribution in [1.29, 1.82) is 0 Å². The maximum absolute atomic E-state index is 12.5. The summed E-state index contributed by atoms with van der Waals surface area (Å²) in [6.45, 7) is 1.35. The Hall–Kier alpha value is -3.09. The molecule has 1 aromatic heterocycles. The number of hydrogen-bond acceptors (Lipinski definition) is 5. The fourth-order valence-corrected chi connectivity index (χ4v) is 3.10. The maximum atomic E-state index is 12.5. The first kappa shape index (κ1) is 18.7. The molecule has 2 aromatic rings. The lowest BCUT2D eigenvalue weighted by Crippen LogP contribution is -2.39. The average Bonchev–Trinajstić information content (AvgIpc) is 2.71. The molecule has 0 saturated carbocycles. The second-order valence-corrected chi connectivity index (χ2v) is 6.32. The van der Waals surface area contributed by atoms with Crippen LogP contribution in [0.1, 0.15) is 23.2 Å². The van der Waals surface area contributed by atoms with Crippen LogP contribution in [-0.2, 0) is 29.1 Å². The van der Waals surface area contributed by atoms with E-state index in [4.69, 9.17) is 9.47 Å². The summed E-state index contributed by atoms with van der Waals surface area (Å²) in [7, 11) is 3.19. The van der Waals surface area contributed by atoms with Crippen molar-refractivity contribution >= 4 is 11.8 Å². The SMILES string of the molecule is COc1cc2c(cc1OC)CN(C(=O)CC(=O)NCc1ccccn1)CC2. The number of nitrogens with zero attached hydrogens (tertiary/aromatic N) is 2. The zero-order chi connectivity index (χ0) is 19.2. The molecule has 7 heteroatoms. The molecule has 1 N–H and O–H groups in total. The van der Waals surface area contributed by atoms with Crippen LogP contribution in [0.3, 0.4) is 0 Å². The molecule has 0 radical (unpaired) electrons. The van der Waals surface area contributed by atoms with Crippen molar-refractivity contribution in [2.75, 3.05) is 20.8 Å². The minimum Gasteiger partial charge on any atom is -0.493 e. The van der Waals surface area contributed by atoms with E-state index in [9.17, 15) is 9.59 Å². The van der Waals surface area contributed by atoms with E-state index in [0.29, 0.717) is 31.1 Å². The standard InChI is InChI=1S/C20H23N3O4/c1-26-17-9-14-6-8-23(13-15(14)10-18(17)27-2)20(25)11-19(24)22-12-16-5-3-4-7-21-16/h3-5,7,9-10H,6,8,11-13H2,1-2H3,(H,22,24). The molecule has 2 amide bonds. The van der Waals surface area contributed by atoms with Gasteiger partial charge in [0.15, 0.2) is 11.5 Å². The molecule has 0 spiro atoms. The van der Waals surface area contributed by atoms with Crippen LogP contribution >= 0.6 is 0 Å². The Bertz CT molecular complexity index is 823. The van der Waals surface area contributed by atoms with Gasteiger partial charge in [0.2, 0.25) is 11.8 Å². The van der Waals surface area contributed by atoms with Gasteiger partial charge in [-0.25, -0.2) is 0 Å². The molecular weight excluding hydrogens is 346 g/mol. The van der Waals surface area contributed by atoms with Gasteiger partial charge in [0, 0.05) is 19.3 Å². The van der Waals surface area contributed by atoms with Crippen molar-refractivity contribution in [2.45, 2.75) is 25.9 Å². The number of ether oxygens (including phenoxy) is 2. The quantitative estimate of drug-likeness (QED) is 0.784. The predicted octanol–water partition coefficient (Wildman–Crippen LogP) is 1.69. The smallest absolute Gasteiger partial charge is 0.232 e. The molecule has 0 saturated heterocycles. The van der Waals surface area contributed by atoms with Crippen LogP contribution in [0.15, 0.2) is 36.5 Å². The highest BCUT2D eigenvalue weighted by molar-refractivity contribution is 5.96. The van der Waals surface area contributed by atoms with Crippen LogP contribution in [0.25, 0.3) is 0 Å². The molecule has 1 aliphatic heterocycles. The number of carbonyl (C=O) groups is 2. The van der Waals surface area contributed by atoms with E-state index in [0.717, 1.165) is 23.2 Å². The molecular formula is C20H23N3O4. The lowest BCUT2D eigenvalue weighted by Gasteiger charge is -2.29. The summed E-state index contributed by atoms with van der Waals surface area (Å²) in [6, 6.07) is 9.34. The van der Waals surface area contributed by atoms with Gasteiger partial charge >= 0.3 is 0 Å². The van der Waals surface area contributed by atoms with Crippen molar-refractivity contribution in [1.82, 2.24) is 15.2 Å². The van der Waals surface area contributed by atoms with Crippen molar-refractivity contribution in [3.8, 4) is 11.5 Å². The third kappa shape index (κ3) is 4.55. The molecule has 1 aromatic carbocycles. The first-order valence-electron chi connectivity index (χ1n) is 8.79. The maximum Gasteiger partial charge on any atom is 0.232 e. The number of methoxy groups -OCH3 is 2. The van der Waals surface area contributed by atoms with Gasteiger partial charge in [-0.05, 0) is 41.8 Å². The highest BCUT2D eigenvalue weighted by Crippen LogP contribution is 2.33. The highest BCUT2D eigenvalue weighted by atomic mass is 16.5. The van der Waals surface area contributed by atoms with E-state index in [1.807, 2.05) is 30.3 Å². The van der Waals surface area contributed by atoms with E-state index in [2.05, 4.69) is 10.3 Å². The number of nitrogens with one attached hydrogen (secondary N) is 1. The van der Waals surface area contributed by atoms with Crippen molar-refractivity contribution in [3.63, 3.8) is 0 Å². The number of hydrogen-bond donors (Lipinski definition) is 1. The Morgan fingerprint density at radius 3 is 2.56 bits per heavy atom. The topological polar surface area (TPSA) is 80.8 Å². The van der Waals surface area contributed by atoms with Crippen LogP contribution in [0.4, 0.5) is 0 Å². The van der Waals surface area contributed by atoms with Crippen LogP contribution in [0.2, 0.25) is 0 Å². The van der Waals surface area contributed by atoms with Crippen molar-refractivity contribution in [3.05, 3.63) is 53.3 Å². The fraction of sp³-hybridized carbons (Fsp3) is 0.350. The number of amides is 2. The second kappa shape index (κ2) is 8.53. The number of aromatic nitrogens is 1. The molecule has 142 valence electrons. The lowest BCUT2D eigenvalue weighted by molar-refractivity contribution is -0.136. The Kier molecular flexibility index (Phi) is 5.90. The van der Waals surface area contributed by atoms with Crippen molar-refractivity contribution < 1.29 is 19.1 Å². The minimum absolute atomic E-state index is 0.171. The fourth-order valence-electron chi connectivity index (χ4n) is 3.10. The van der Waals surface area contributed by atoms with E-state index >= 15 is 0 Å². The zero-order valence-corrected chi connectivity index (χ0v) is 15.5. The summed E-state index contributed by atoms with van der Waals surface area (Å²) in [5.41, 5.74) is 2.91. The summed E-state index contributed by atoms with van der Waals surface area (Å²) in [5, 5.41) is 2.74. The summed E-state index contributed by atoms with van der Waals surface area (Å²) in [6.07, 6.45) is 2.22. The molecule has 2 heterocycles. The van der Waals surface area contributed by atoms with Gasteiger partial charge < -0.3 is 19.7 Å². The average molecular weight is 369 g/mol. The molecule has 0 aliphatic carbocycles. The summed E-state index contributed by atoms with van der Waals surface area (Å²) < 4.78 is 10.7. The summed E-state index contributed by atoms with van der Waals surface area (Å²) >= 11 is 0. The molecule has 0 fully saturated rings. The monoisotopic (exact) mass is 369 g/mol. The summed E-state index contributed by atoms with van der Waals surface area (Å²) in [5.74, 6) is 0.835. The van der Waals surface area contributed by atoms with E-state index in [1.54, 1.807) is 25.3 Å². The van der Waals surface area contributed by atoms with Gasteiger partial charge in [-0.15, -0.1) is 0 Å². The van der Waals surface area contributed by atoms with Gasteiger partial charge in [0.25, 0.3) is 0 Å². The normalized spacial score (nSPS) is 12.9. The molecule has 1 aliphatic rings. The number of carbonyl (C=O) groups excluding carboxylic acids is 2. The second-order valence-electron chi connectivity index (χ2n) is 6.32. The molecule has 7 nitrogen and oxygen atoms in total. The molecule has 0 unspecified atom stereocenters. The van der Waals surface area contributed by atoms with E-state index in [1.165, 1.54) is 0 Å². The number of pyridine rings is 1. The molecule has 0 atom stereocenters. The Morgan fingerprint density at radius 2 is 1.89 bits per heavy atom. The zero-order valence-electron chi connectivity index (χ0n) is 15.5. The minimum atomic E-state index is -0.302. The Balaban J connectivity index is 1.58. The van der Waals surface area contributed by atoms with Crippen LogP contribution < -0.4 is 14.8 Å². The van der Waals surface area contributed by atoms with E-state index in [-0.39, 0.29) is 18.2 Å². The van der Waals surface area contributed by atoms with Crippen LogP contribution in [-0.4, -0.2) is 42.5 Å².